The molecular formula is C31H31N5O5S2. The SMILES string of the molecule is N=C(N)c1cccc(S(=O)(=O)N(Cc2ccccc2)C2CCCN(c3ccc(-c4ccccc4S(N)(=O)=O)cc3)C2=O)c1. The van der Waals surface area contributed by atoms with Crippen LogP contribution in [-0.2, 0) is 31.4 Å². The van der Waals surface area contributed by atoms with Crippen LogP contribution in [-0.4, -0.2) is 45.5 Å². The van der Waals surface area contributed by atoms with Gasteiger partial charge in [0.25, 0.3) is 0 Å². The molecule has 0 bridgehead atoms. The number of carbonyl (C=O) groups excluding carboxylic acids is 1. The lowest BCUT2D eigenvalue weighted by atomic mass is 10.0. The van der Waals surface area contributed by atoms with Gasteiger partial charge < -0.3 is 10.6 Å². The van der Waals surface area contributed by atoms with Crippen LogP contribution in [0.4, 0.5) is 5.69 Å². The van der Waals surface area contributed by atoms with E-state index in [4.69, 9.17) is 16.3 Å². The molecule has 5 rings (SSSR count). The largest absolute Gasteiger partial charge is 0.384 e. The maximum absolute atomic E-state index is 14.1. The Morgan fingerprint density at radius 2 is 1.56 bits per heavy atom. The fourth-order valence-electron chi connectivity index (χ4n) is 5.24. The van der Waals surface area contributed by atoms with Crippen LogP contribution >= 0.6 is 0 Å². The first kappa shape index (κ1) is 30.1. The summed E-state index contributed by atoms with van der Waals surface area (Å²) in [4.78, 5) is 15.5. The topological polar surface area (TPSA) is 168 Å². The highest BCUT2D eigenvalue weighted by Crippen LogP contribution is 2.32. The number of benzene rings is 4. The number of sulfonamides is 2. The standard InChI is InChI=1S/C31H31N5O5S2/c32-30(33)24-10-6-11-26(20-24)43(40,41)36(21-22-8-2-1-3-9-22)28-13-7-19-35(31(28)37)25-17-15-23(16-18-25)27-12-4-5-14-29(27)42(34,38)39/h1-6,8-12,14-18,20,28H,7,13,19,21H2,(H3,32,33)(H2,34,38,39). The van der Waals surface area contributed by atoms with E-state index in [1.807, 2.05) is 6.07 Å². The quantitative estimate of drug-likeness (QED) is 0.191. The molecule has 1 atom stereocenters. The van der Waals surface area contributed by atoms with E-state index in [-0.39, 0.29) is 33.6 Å². The molecular weight excluding hydrogens is 587 g/mol. The van der Waals surface area contributed by atoms with Crippen LogP contribution < -0.4 is 15.8 Å². The molecule has 10 nitrogen and oxygen atoms in total. The smallest absolute Gasteiger partial charge is 0.245 e. The normalized spacial score (nSPS) is 15.9. The number of nitrogens with two attached hydrogens (primary N) is 2. The van der Waals surface area contributed by atoms with E-state index in [2.05, 4.69) is 0 Å². The molecule has 0 radical (unpaired) electrons. The Hall–Kier alpha value is -4.36. The lowest BCUT2D eigenvalue weighted by molar-refractivity contribution is -0.123. The molecule has 1 saturated heterocycles. The van der Waals surface area contributed by atoms with Crippen LogP contribution in [0.25, 0.3) is 11.1 Å². The van der Waals surface area contributed by atoms with E-state index in [1.54, 1.807) is 77.7 Å². The second-order valence-electron chi connectivity index (χ2n) is 10.2. The summed E-state index contributed by atoms with van der Waals surface area (Å²) in [6.45, 7) is 0.364. The molecule has 43 heavy (non-hydrogen) atoms. The highest BCUT2D eigenvalue weighted by atomic mass is 32.2. The second-order valence-corrected chi connectivity index (χ2v) is 13.6. The van der Waals surface area contributed by atoms with Gasteiger partial charge in [-0.15, -0.1) is 0 Å². The fourth-order valence-corrected chi connectivity index (χ4v) is 7.65. The number of amidine groups is 1. The number of amides is 1. The minimum absolute atomic E-state index is 0.00698. The predicted octanol–water partition coefficient (Wildman–Crippen LogP) is 3.67. The molecule has 5 N–H and O–H groups in total. The minimum atomic E-state index is -4.19. The Balaban J connectivity index is 1.49. The molecule has 0 aliphatic carbocycles. The van der Waals surface area contributed by atoms with Crippen LogP contribution in [0.2, 0.25) is 0 Å². The maximum atomic E-state index is 14.1. The molecule has 1 aliphatic rings. The summed E-state index contributed by atoms with van der Waals surface area (Å²) < 4.78 is 53.6. The number of anilines is 1. The number of primary sulfonamides is 1. The summed E-state index contributed by atoms with van der Waals surface area (Å²) in [5, 5.41) is 13.2. The summed E-state index contributed by atoms with van der Waals surface area (Å²) in [7, 11) is -8.14. The highest BCUT2D eigenvalue weighted by Gasteiger charge is 2.40. The predicted molar refractivity (Wildman–Crippen MR) is 165 cm³/mol. The van der Waals surface area contributed by atoms with Crippen molar-refractivity contribution in [2.45, 2.75) is 35.2 Å². The van der Waals surface area contributed by atoms with Gasteiger partial charge in [0.05, 0.1) is 9.79 Å². The number of nitrogen functional groups attached to an aromatic ring is 1. The van der Waals surface area contributed by atoms with E-state index < -0.39 is 26.1 Å². The molecule has 1 aliphatic heterocycles. The van der Waals surface area contributed by atoms with Crippen molar-refractivity contribution in [2.75, 3.05) is 11.4 Å². The molecule has 1 fully saturated rings. The first-order chi connectivity index (χ1) is 20.5. The van der Waals surface area contributed by atoms with Gasteiger partial charge in [-0.25, -0.2) is 22.0 Å². The third kappa shape index (κ3) is 6.37. The van der Waals surface area contributed by atoms with E-state index in [0.29, 0.717) is 36.2 Å². The van der Waals surface area contributed by atoms with Crippen molar-refractivity contribution in [3.05, 3.63) is 114 Å². The van der Waals surface area contributed by atoms with Crippen molar-refractivity contribution in [2.24, 2.45) is 10.9 Å². The Bertz CT molecular complexity index is 1880. The summed E-state index contributed by atoms with van der Waals surface area (Å²) in [5.41, 5.74) is 8.21. The van der Waals surface area contributed by atoms with Gasteiger partial charge in [-0.3, -0.25) is 10.2 Å². The molecule has 1 unspecified atom stereocenters. The Kier molecular flexibility index (Phi) is 8.47. The zero-order valence-electron chi connectivity index (χ0n) is 23.1. The van der Waals surface area contributed by atoms with E-state index >= 15 is 0 Å². The maximum Gasteiger partial charge on any atom is 0.245 e. The Labute approximate surface area is 251 Å². The lowest BCUT2D eigenvalue weighted by Crippen LogP contribution is -2.54. The number of piperidine rings is 1. The van der Waals surface area contributed by atoms with Gasteiger partial charge in [0, 0.05) is 29.9 Å². The fraction of sp³-hybridized carbons (Fsp3) is 0.161. The number of hydrogen-bond donors (Lipinski definition) is 3. The highest BCUT2D eigenvalue weighted by molar-refractivity contribution is 7.89. The third-order valence-corrected chi connectivity index (χ3v) is 10.2. The van der Waals surface area contributed by atoms with Crippen molar-refractivity contribution in [3.63, 3.8) is 0 Å². The number of nitrogens with one attached hydrogen (secondary N) is 1. The van der Waals surface area contributed by atoms with Crippen molar-refractivity contribution in [1.82, 2.24) is 4.31 Å². The molecule has 222 valence electrons. The minimum Gasteiger partial charge on any atom is -0.384 e. The van der Waals surface area contributed by atoms with Gasteiger partial charge in [-0.1, -0.05) is 72.8 Å². The Morgan fingerprint density at radius 1 is 0.884 bits per heavy atom. The van der Waals surface area contributed by atoms with E-state index in [0.717, 1.165) is 5.56 Å². The molecule has 4 aromatic rings. The van der Waals surface area contributed by atoms with E-state index in [1.165, 1.54) is 28.6 Å². The first-order valence-electron chi connectivity index (χ1n) is 13.5. The summed E-state index contributed by atoms with van der Waals surface area (Å²) >= 11 is 0. The molecule has 0 spiro atoms. The molecule has 0 saturated carbocycles. The monoisotopic (exact) mass is 617 g/mol. The van der Waals surface area contributed by atoms with Crippen LogP contribution in [0.3, 0.4) is 0 Å². The first-order valence-corrected chi connectivity index (χ1v) is 16.5. The average molecular weight is 618 g/mol. The van der Waals surface area contributed by atoms with Crippen molar-refractivity contribution in [1.29, 1.82) is 5.41 Å². The van der Waals surface area contributed by atoms with Crippen molar-refractivity contribution >= 4 is 37.5 Å². The number of rotatable bonds is 9. The van der Waals surface area contributed by atoms with Crippen molar-refractivity contribution in [3.8, 4) is 11.1 Å². The molecule has 1 amide bonds. The summed E-state index contributed by atoms with van der Waals surface area (Å²) in [6, 6.07) is 27.2. The van der Waals surface area contributed by atoms with Gasteiger partial charge in [0.2, 0.25) is 26.0 Å². The average Bonchev–Trinajstić information content (AvgIpc) is 3.00. The summed E-state index contributed by atoms with van der Waals surface area (Å²) in [6.07, 6.45) is 0.883. The van der Waals surface area contributed by atoms with Gasteiger partial charge in [-0.05, 0) is 54.3 Å². The Morgan fingerprint density at radius 3 is 2.23 bits per heavy atom. The zero-order valence-corrected chi connectivity index (χ0v) is 24.8. The second kappa shape index (κ2) is 12.1. The van der Waals surface area contributed by atoms with Crippen LogP contribution in [0.15, 0.2) is 113 Å². The number of nitrogens with zero attached hydrogens (tertiary/aromatic N) is 2. The van der Waals surface area contributed by atoms with Crippen LogP contribution in [0, 0.1) is 5.41 Å². The number of hydrogen-bond acceptors (Lipinski definition) is 6. The van der Waals surface area contributed by atoms with Gasteiger partial charge in [0.15, 0.2) is 0 Å². The molecule has 1 heterocycles. The van der Waals surface area contributed by atoms with Crippen LogP contribution in [0.5, 0.6) is 0 Å². The van der Waals surface area contributed by atoms with Gasteiger partial charge >= 0.3 is 0 Å². The van der Waals surface area contributed by atoms with Gasteiger partial charge in [0.1, 0.15) is 11.9 Å². The third-order valence-electron chi connectivity index (χ3n) is 7.37. The molecule has 12 heteroatoms. The van der Waals surface area contributed by atoms with Crippen LogP contribution in [0.1, 0.15) is 24.0 Å². The number of carbonyl (C=O) groups is 1. The van der Waals surface area contributed by atoms with Gasteiger partial charge in [-0.2, -0.15) is 4.31 Å². The van der Waals surface area contributed by atoms with Crippen molar-refractivity contribution < 1.29 is 21.6 Å². The molecule has 4 aromatic carbocycles. The lowest BCUT2D eigenvalue weighted by Gasteiger charge is -2.38. The summed E-state index contributed by atoms with van der Waals surface area (Å²) in [5.74, 6) is -0.632. The van der Waals surface area contributed by atoms with E-state index in [9.17, 15) is 21.6 Å². The zero-order chi connectivity index (χ0) is 30.8. The molecule has 0 aromatic heterocycles.